The molecule has 0 radical (unpaired) electrons. The average Bonchev–Trinajstić information content (AvgIpc) is 2.40. The van der Waals surface area contributed by atoms with Crippen LogP contribution in [-0.4, -0.2) is 22.2 Å². The zero-order valence-corrected chi connectivity index (χ0v) is 12.8. The van der Waals surface area contributed by atoms with Gasteiger partial charge < -0.3 is 10.2 Å². The molecule has 0 aromatic heterocycles. The maximum absolute atomic E-state index is 10.0. The Bertz CT molecular complexity index is 327. The van der Waals surface area contributed by atoms with Gasteiger partial charge in [0, 0.05) is 11.1 Å². The van der Waals surface area contributed by atoms with Gasteiger partial charge in [-0.15, -0.1) is 0 Å². The number of hydrogen-bond acceptors (Lipinski definition) is 2. The van der Waals surface area contributed by atoms with Crippen LogP contribution in [0.1, 0.15) is 40.5 Å². The third-order valence-corrected chi connectivity index (χ3v) is 1.86. The van der Waals surface area contributed by atoms with Gasteiger partial charge in [0.2, 0.25) is 0 Å². The Morgan fingerprint density at radius 3 is 1.15 bits per heavy atom. The fraction of sp³-hybridized carbons (Fsp3) is 0.375. The van der Waals surface area contributed by atoms with E-state index in [0.29, 0.717) is 11.1 Å². The van der Waals surface area contributed by atoms with Crippen molar-refractivity contribution in [2.24, 2.45) is 0 Å². The summed E-state index contributed by atoms with van der Waals surface area (Å²) < 4.78 is 0. The molecule has 0 saturated carbocycles. The van der Waals surface area contributed by atoms with E-state index in [1.807, 2.05) is 13.8 Å². The number of rotatable bonds is 5. The van der Waals surface area contributed by atoms with Crippen molar-refractivity contribution in [3.05, 3.63) is 48.6 Å². The predicted molar refractivity (Wildman–Crippen MR) is 83.8 cm³/mol. The lowest BCUT2D eigenvalue weighted by Crippen LogP contribution is -1.94. The summed E-state index contributed by atoms with van der Waals surface area (Å²) in [6.45, 7) is 13.7. The largest absolute Gasteiger partial charge is 0.478 e. The molecule has 0 amide bonds. The Morgan fingerprint density at radius 1 is 0.850 bits per heavy atom. The van der Waals surface area contributed by atoms with Gasteiger partial charge in [-0.2, -0.15) is 0 Å². The molecule has 0 aromatic rings. The van der Waals surface area contributed by atoms with Crippen molar-refractivity contribution in [3.8, 4) is 0 Å². The smallest absolute Gasteiger partial charge is 0.330 e. The van der Waals surface area contributed by atoms with Gasteiger partial charge in [0.25, 0.3) is 0 Å². The summed E-state index contributed by atoms with van der Waals surface area (Å²) in [7, 11) is 0. The van der Waals surface area contributed by atoms with E-state index in [2.05, 4.69) is 13.2 Å². The highest BCUT2D eigenvalue weighted by Gasteiger charge is 1.95. The molecule has 0 aromatic carbocycles. The van der Waals surface area contributed by atoms with Gasteiger partial charge in [-0.3, -0.25) is 0 Å². The highest BCUT2D eigenvalue weighted by molar-refractivity contribution is 5.86. The van der Waals surface area contributed by atoms with Crippen molar-refractivity contribution in [2.45, 2.75) is 40.5 Å². The highest BCUT2D eigenvalue weighted by atomic mass is 16.4. The molecule has 0 unspecified atom stereocenters. The van der Waals surface area contributed by atoms with Crippen LogP contribution < -0.4 is 0 Å². The third kappa shape index (κ3) is 21.2. The van der Waals surface area contributed by atoms with E-state index >= 15 is 0 Å². The first-order chi connectivity index (χ1) is 9.28. The minimum atomic E-state index is -0.827. The molecule has 0 aliphatic rings. The zero-order chi connectivity index (χ0) is 16.6. The summed E-state index contributed by atoms with van der Waals surface area (Å²) in [5.41, 5.74) is 0.847. The quantitative estimate of drug-likeness (QED) is 0.585. The Hall–Kier alpha value is -2.10. The minimum Gasteiger partial charge on any atom is -0.478 e. The van der Waals surface area contributed by atoms with Crippen LogP contribution in [-0.2, 0) is 9.59 Å². The second-order valence-corrected chi connectivity index (χ2v) is 3.67. The number of carboxylic acid groups (broad SMARTS) is 2. The fourth-order valence-electron chi connectivity index (χ4n) is 0.787. The van der Waals surface area contributed by atoms with Crippen molar-refractivity contribution < 1.29 is 19.8 Å². The number of allylic oxidation sites excluding steroid dienone is 4. The zero-order valence-electron chi connectivity index (χ0n) is 12.8. The minimum absolute atomic E-state index is 0.424. The van der Waals surface area contributed by atoms with Gasteiger partial charge in [-0.25, -0.2) is 9.59 Å². The molecule has 0 fully saturated rings. The summed E-state index contributed by atoms with van der Waals surface area (Å²) in [5, 5.41) is 16.5. The average molecular weight is 282 g/mol. The number of aliphatic carboxylic acids is 2. The van der Waals surface area contributed by atoms with Crippen LogP contribution in [0.15, 0.2) is 48.6 Å². The van der Waals surface area contributed by atoms with Gasteiger partial charge >= 0.3 is 11.9 Å². The van der Waals surface area contributed by atoms with Crippen molar-refractivity contribution in [1.29, 1.82) is 0 Å². The molecule has 0 heterocycles. The first-order valence-electron chi connectivity index (χ1n) is 6.31. The van der Waals surface area contributed by atoms with Crippen molar-refractivity contribution in [1.82, 2.24) is 0 Å². The molecule has 2 N–H and O–H groups in total. The van der Waals surface area contributed by atoms with Gasteiger partial charge in [0.05, 0.1) is 0 Å². The van der Waals surface area contributed by atoms with Gasteiger partial charge in [-0.05, 0) is 26.7 Å². The Labute approximate surface area is 121 Å². The van der Waals surface area contributed by atoms with E-state index in [1.54, 1.807) is 38.2 Å². The predicted octanol–water partition coefficient (Wildman–Crippen LogP) is 4.21. The summed E-state index contributed by atoms with van der Waals surface area (Å²) in [6, 6.07) is 0. The van der Waals surface area contributed by atoms with E-state index in [9.17, 15) is 9.59 Å². The first-order valence-corrected chi connectivity index (χ1v) is 6.31. The fourth-order valence-corrected chi connectivity index (χ4v) is 0.787. The summed E-state index contributed by atoms with van der Waals surface area (Å²) in [4.78, 5) is 20.0. The monoisotopic (exact) mass is 282 g/mol. The van der Waals surface area contributed by atoms with Crippen LogP contribution in [0.3, 0.4) is 0 Å². The van der Waals surface area contributed by atoms with Crippen LogP contribution in [0.2, 0.25) is 0 Å². The molecular formula is C16H26O4. The lowest BCUT2D eigenvalue weighted by Gasteiger charge is -1.87. The number of carboxylic acids is 2. The van der Waals surface area contributed by atoms with E-state index in [-0.39, 0.29) is 0 Å². The van der Waals surface area contributed by atoms with E-state index in [0.717, 1.165) is 12.8 Å². The second kappa shape index (κ2) is 16.9. The molecule has 0 rings (SSSR count). The standard InChI is InChI=1S/2C6H10O2.C4H6/c2*1-3-4-5(2)6(7)8;1-3-4-2/h2*4H,3H2,1-2H3,(H,7,8);3-4H,1-2H2. The molecule has 0 aliphatic carbocycles. The molecule has 20 heavy (non-hydrogen) atoms. The summed E-state index contributed by atoms with van der Waals surface area (Å²) in [5.74, 6) is -1.65. The van der Waals surface area contributed by atoms with Crippen LogP contribution in [0.25, 0.3) is 0 Å². The lowest BCUT2D eigenvalue weighted by molar-refractivity contribution is -0.133. The molecule has 0 bridgehead atoms. The SMILES string of the molecule is C=CC=C.CCC=C(C)C(=O)O.CCC=C(C)C(=O)O. The Morgan fingerprint density at radius 2 is 1.10 bits per heavy atom. The van der Waals surface area contributed by atoms with Crippen LogP contribution in [0.4, 0.5) is 0 Å². The molecule has 0 spiro atoms. The second-order valence-electron chi connectivity index (χ2n) is 3.67. The van der Waals surface area contributed by atoms with E-state index < -0.39 is 11.9 Å². The topological polar surface area (TPSA) is 74.6 Å². The van der Waals surface area contributed by atoms with Gasteiger partial charge in [0.15, 0.2) is 0 Å². The van der Waals surface area contributed by atoms with Crippen LogP contribution >= 0.6 is 0 Å². The number of hydrogen-bond donors (Lipinski definition) is 2. The molecule has 0 atom stereocenters. The number of carbonyl (C=O) groups is 2. The molecule has 4 nitrogen and oxygen atoms in total. The maximum atomic E-state index is 10.0. The Balaban J connectivity index is -0.000000230. The Kier molecular flexibility index (Phi) is 19.5. The third-order valence-electron chi connectivity index (χ3n) is 1.86. The van der Waals surface area contributed by atoms with E-state index in [4.69, 9.17) is 10.2 Å². The molecule has 0 aliphatic heterocycles. The van der Waals surface area contributed by atoms with Crippen molar-refractivity contribution >= 4 is 11.9 Å². The van der Waals surface area contributed by atoms with Gasteiger partial charge in [0.1, 0.15) is 0 Å². The highest BCUT2D eigenvalue weighted by Crippen LogP contribution is 1.93. The summed E-state index contributed by atoms with van der Waals surface area (Å²) in [6.07, 6.45) is 8.22. The summed E-state index contributed by atoms with van der Waals surface area (Å²) >= 11 is 0. The van der Waals surface area contributed by atoms with Gasteiger partial charge in [-0.1, -0.05) is 51.3 Å². The lowest BCUT2D eigenvalue weighted by atomic mass is 10.2. The first kappa shape index (κ1) is 23.0. The molecule has 4 heteroatoms. The van der Waals surface area contributed by atoms with E-state index in [1.165, 1.54) is 0 Å². The van der Waals surface area contributed by atoms with Crippen LogP contribution in [0, 0.1) is 0 Å². The van der Waals surface area contributed by atoms with Crippen LogP contribution in [0.5, 0.6) is 0 Å². The molecule has 0 saturated heterocycles. The molecule has 114 valence electrons. The molecular weight excluding hydrogens is 256 g/mol. The van der Waals surface area contributed by atoms with Crippen molar-refractivity contribution in [2.75, 3.05) is 0 Å². The van der Waals surface area contributed by atoms with Crippen molar-refractivity contribution in [3.63, 3.8) is 0 Å². The normalized spacial score (nSPS) is 10.2. The maximum Gasteiger partial charge on any atom is 0.330 e.